The molecule has 0 radical (unpaired) electrons. The summed E-state index contributed by atoms with van der Waals surface area (Å²) in [6.07, 6.45) is 0. The lowest BCUT2D eigenvalue weighted by Crippen LogP contribution is -2.30. The fraction of sp³-hybridized carbons (Fsp3) is 0.500. The molecular weight excluding hydrogens is 226 g/mol. The molecule has 0 atom stereocenters. The third-order valence-corrected chi connectivity index (χ3v) is 3.07. The van der Waals surface area contributed by atoms with Gasteiger partial charge in [0.25, 0.3) is 0 Å². The number of benzene rings is 1. The van der Waals surface area contributed by atoms with Crippen LogP contribution in [0.15, 0.2) is 24.3 Å². The number of nitrogens with zero attached hydrogens (tertiary/aromatic N) is 1. The van der Waals surface area contributed by atoms with E-state index in [1.54, 1.807) is 0 Å². The molecular formula is C14H23N3O. The van der Waals surface area contributed by atoms with Crippen LogP contribution in [0.5, 0.6) is 0 Å². The second-order valence-corrected chi connectivity index (χ2v) is 4.21. The van der Waals surface area contributed by atoms with Crippen molar-refractivity contribution in [2.45, 2.75) is 26.9 Å². The Morgan fingerprint density at radius 1 is 1.22 bits per heavy atom. The lowest BCUT2D eigenvalue weighted by Gasteiger charge is -2.20. The Kier molecular flexibility index (Phi) is 6.39. The van der Waals surface area contributed by atoms with Crippen LogP contribution in [0.25, 0.3) is 0 Å². The molecule has 4 heteroatoms. The predicted octanol–water partition coefficient (Wildman–Crippen LogP) is 1.10. The molecule has 0 fully saturated rings. The van der Waals surface area contributed by atoms with E-state index in [2.05, 4.69) is 36.2 Å². The van der Waals surface area contributed by atoms with Crippen LogP contribution in [0.3, 0.4) is 0 Å². The standard InChI is InChI=1S/C14H23N3O/c1-3-17(4-2)11-13-8-6-5-7-12(13)10-16-14(18)9-15/h5-8H,3-4,9-11,15H2,1-2H3,(H,16,18). The van der Waals surface area contributed by atoms with Crippen molar-refractivity contribution in [3.63, 3.8) is 0 Å². The van der Waals surface area contributed by atoms with Crippen molar-refractivity contribution in [1.29, 1.82) is 0 Å². The normalized spacial score (nSPS) is 10.7. The van der Waals surface area contributed by atoms with E-state index >= 15 is 0 Å². The van der Waals surface area contributed by atoms with Gasteiger partial charge in [0, 0.05) is 13.1 Å². The first-order chi connectivity index (χ1) is 8.71. The van der Waals surface area contributed by atoms with E-state index < -0.39 is 0 Å². The number of amides is 1. The summed E-state index contributed by atoms with van der Waals surface area (Å²) in [5.41, 5.74) is 7.70. The summed E-state index contributed by atoms with van der Waals surface area (Å²) < 4.78 is 0. The second-order valence-electron chi connectivity index (χ2n) is 4.21. The first kappa shape index (κ1) is 14.7. The van der Waals surface area contributed by atoms with Crippen molar-refractivity contribution in [3.05, 3.63) is 35.4 Å². The summed E-state index contributed by atoms with van der Waals surface area (Å²) in [4.78, 5) is 13.5. The van der Waals surface area contributed by atoms with Crippen molar-refractivity contribution in [1.82, 2.24) is 10.2 Å². The SMILES string of the molecule is CCN(CC)Cc1ccccc1CNC(=O)CN. The Labute approximate surface area is 109 Å². The minimum Gasteiger partial charge on any atom is -0.351 e. The maximum Gasteiger partial charge on any atom is 0.234 e. The topological polar surface area (TPSA) is 58.4 Å². The molecule has 1 amide bonds. The third kappa shape index (κ3) is 4.47. The molecule has 3 N–H and O–H groups in total. The number of hydrogen-bond acceptors (Lipinski definition) is 3. The monoisotopic (exact) mass is 249 g/mol. The summed E-state index contributed by atoms with van der Waals surface area (Å²) in [6.45, 7) is 7.87. The minimum absolute atomic E-state index is 0.0399. The van der Waals surface area contributed by atoms with Gasteiger partial charge < -0.3 is 11.1 Å². The molecule has 0 aliphatic rings. The summed E-state index contributed by atoms with van der Waals surface area (Å²) >= 11 is 0. The number of hydrogen-bond donors (Lipinski definition) is 2. The van der Waals surface area contributed by atoms with Gasteiger partial charge in [0.05, 0.1) is 6.54 Å². The van der Waals surface area contributed by atoms with Gasteiger partial charge in [-0.25, -0.2) is 0 Å². The molecule has 1 rings (SSSR count). The highest BCUT2D eigenvalue weighted by Crippen LogP contribution is 2.11. The first-order valence-corrected chi connectivity index (χ1v) is 6.47. The highest BCUT2D eigenvalue weighted by molar-refractivity contribution is 5.77. The average Bonchev–Trinajstić information content (AvgIpc) is 2.43. The molecule has 1 aromatic rings. The fourth-order valence-electron chi connectivity index (χ4n) is 1.84. The van der Waals surface area contributed by atoms with Crippen LogP contribution in [-0.4, -0.2) is 30.4 Å². The van der Waals surface area contributed by atoms with Crippen LogP contribution >= 0.6 is 0 Å². The molecule has 100 valence electrons. The lowest BCUT2D eigenvalue weighted by atomic mass is 10.1. The van der Waals surface area contributed by atoms with Crippen molar-refractivity contribution < 1.29 is 4.79 Å². The molecule has 18 heavy (non-hydrogen) atoms. The quantitative estimate of drug-likeness (QED) is 0.761. The zero-order valence-corrected chi connectivity index (χ0v) is 11.3. The van der Waals surface area contributed by atoms with E-state index in [0.29, 0.717) is 6.54 Å². The Balaban J connectivity index is 2.69. The van der Waals surface area contributed by atoms with Gasteiger partial charge >= 0.3 is 0 Å². The maximum atomic E-state index is 11.2. The lowest BCUT2D eigenvalue weighted by molar-refractivity contribution is -0.119. The number of nitrogens with two attached hydrogens (primary N) is 1. The third-order valence-electron chi connectivity index (χ3n) is 3.07. The Morgan fingerprint density at radius 3 is 2.39 bits per heavy atom. The molecule has 0 saturated carbocycles. The minimum atomic E-state index is -0.118. The molecule has 0 heterocycles. The number of nitrogens with one attached hydrogen (secondary N) is 1. The Hall–Kier alpha value is -1.39. The largest absolute Gasteiger partial charge is 0.351 e. The van der Waals surface area contributed by atoms with Gasteiger partial charge in [0.2, 0.25) is 5.91 Å². The molecule has 0 aliphatic heterocycles. The zero-order chi connectivity index (χ0) is 13.4. The van der Waals surface area contributed by atoms with Gasteiger partial charge in [-0.05, 0) is 24.2 Å². The van der Waals surface area contributed by atoms with E-state index in [1.165, 1.54) is 5.56 Å². The molecule has 1 aromatic carbocycles. The molecule has 0 aromatic heterocycles. The van der Waals surface area contributed by atoms with Crippen molar-refractivity contribution in [3.8, 4) is 0 Å². The van der Waals surface area contributed by atoms with Crippen molar-refractivity contribution >= 4 is 5.91 Å². The number of rotatable bonds is 7. The summed E-state index contributed by atoms with van der Waals surface area (Å²) in [5.74, 6) is -0.118. The number of carbonyl (C=O) groups excluding carboxylic acids is 1. The van der Waals surface area contributed by atoms with Crippen LogP contribution in [0, 0.1) is 0 Å². The van der Waals surface area contributed by atoms with Crippen LogP contribution in [0.2, 0.25) is 0 Å². The smallest absolute Gasteiger partial charge is 0.234 e. The van der Waals surface area contributed by atoms with Crippen molar-refractivity contribution in [2.24, 2.45) is 5.73 Å². The van der Waals surface area contributed by atoms with E-state index in [0.717, 1.165) is 25.2 Å². The first-order valence-electron chi connectivity index (χ1n) is 6.47. The van der Waals surface area contributed by atoms with Crippen LogP contribution < -0.4 is 11.1 Å². The molecule has 0 saturated heterocycles. The number of carbonyl (C=O) groups is 1. The Bertz CT molecular complexity index is 375. The molecule has 0 aliphatic carbocycles. The van der Waals surface area contributed by atoms with Crippen LogP contribution in [0.1, 0.15) is 25.0 Å². The summed E-state index contributed by atoms with van der Waals surface area (Å²) in [6, 6.07) is 8.20. The zero-order valence-electron chi connectivity index (χ0n) is 11.3. The van der Waals surface area contributed by atoms with Gasteiger partial charge in [-0.3, -0.25) is 9.69 Å². The summed E-state index contributed by atoms with van der Waals surface area (Å²) in [5, 5.41) is 2.82. The van der Waals surface area contributed by atoms with Crippen LogP contribution in [0.4, 0.5) is 0 Å². The van der Waals surface area contributed by atoms with E-state index in [1.807, 2.05) is 12.1 Å². The second kappa shape index (κ2) is 7.84. The van der Waals surface area contributed by atoms with E-state index in [-0.39, 0.29) is 12.5 Å². The summed E-state index contributed by atoms with van der Waals surface area (Å²) in [7, 11) is 0. The van der Waals surface area contributed by atoms with Gasteiger partial charge in [0.15, 0.2) is 0 Å². The molecule has 4 nitrogen and oxygen atoms in total. The van der Waals surface area contributed by atoms with Gasteiger partial charge in [0.1, 0.15) is 0 Å². The Morgan fingerprint density at radius 2 is 1.83 bits per heavy atom. The van der Waals surface area contributed by atoms with E-state index in [9.17, 15) is 4.79 Å². The van der Waals surface area contributed by atoms with Gasteiger partial charge in [-0.1, -0.05) is 38.1 Å². The van der Waals surface area contributed by atoms with Gasteiger partial charge in [-0.2, -0.15) is 0 Å². The highest BCUT2D eigenvalue weighted by atomic mass is 16.1. The molecule has 0 spiro atoms. The van der Waals surface area contributed by atoms with Gasteiger partial charge in [-0.15, -0.1) is 0 Å². The van der Waals surface area contributed by atoms with Crippen molar-refractivity contribution in [2.75, 3.05) is 19.6 Å². The highest BCUT2D eigenvalue weighted by Gasteiger charge is 2.06. The molecule has 0 unspecified atom stereocenters. The van der Waals surface area contributed by atoms with Crippen LogP contribution in [-0.2, 0) is 17.9 Å². The average molecular weight is 249 g/mol. The molecule has 0 bridgehead atoms. The maximum absolute atomic E-state index is 11.2. The predicted molar refractivity (Wildman–Crippen MR) is 74.0 cm³/mol. The van der Waals surface area contributed by atoms with E-state index in [4.69, 9.17) is 5.73 Å². The fourth-order valence-corrected chi connectivity index (χ4v) is 1.84.